The van der Waals surface area contributed by atoms with Gasteiger partial charge in [0.25, 0.3) is 0 Å². The van der Waals surface area contributed by atoms with E-state index >= 15 is 0 Å². The Hall–Kier alpha value is -2.75. The molecule has 0 radical (unpaired) electrons. The van der Waals surface area contributed by atoms with Crippen LogP contribution in [-0.4, -0.2) is 19.1 Å². The topological polar surface area (TPSA) is 54.2 Å². The van der Waals surface area contributed by atoms with Gasteiger partial charge in [0.15, 0.2) is 0 Å². The second kappa shape index (κ2) is 5.93. The van der Waals surface area contributed by atoms with Gasteiger partial charge in [-0.15, -0.1) is 0 Å². The lowest BCUT2D eigenvalue weighted by Gasteiger charge is -2.13. The highest BCUT2D eigenvalue weighted by Gasteiger charge is 2.03. The van der Waals surface area contributed by atoms with E-state index in [9.17, 15) is 0 Å². The van der Waals surface area contributed by atoms with Gasteiger partial charge in [-0.2, -0.15) is 0 Å². The van der Waals surface area contributed by atoms with Crippen molar-refractivity contribution in [2.75, 3.05) is 30.0 Å². The second-order valence-corrected chi connectivity index (χ2v) is 5.55. The first-order valence-corrected chi connectivity index (χ1v) is 7.28. The van der Waals surface area contributed by atoms with Crippen LogP contribution in [-0.2, 0) is 6.54 Å². The van der Waals surface area contributed by atoms with Gasteiger partial charge < -0.3 is 16.0 Å². The third kappa shape index (κ3) is 2.96. The van der Waals surface area contributed by atoms with Gasteiger partial charge >= 0.3 is 0 Å². The highest BCUT2D eigenvalue weighted by atomic mass is 15.1. The van der Waals surface area contributed by atoms with Crippen molar-refractivity contribution >= 4 is 28.0 Å². The first-order chi connectivity index (χ1) is 10.6. The molecule has 3 N–H and O–H groups in total. The highest BCUT2D eigenvalue weighted by Crippen LogP contribution is 2.24. The average Bonchev–Trinajstić information content (AvgIpc) is 2.53. The molecule has 1 aromatic heterocycles. The maximum absolute atomic E-state index is 5.88. The van der Waals surface area contributed by atoms with Crippen LogP contribution in [0.15, 0.2) is 54.7 Å². The maximum Gasteiger partial charge on any atom is 0.134 e. The molecular formula is C18H20N4. The largest absolute Gasteiger partial charge is 0.399 e. The Morgan fingerprint density at radius 2 is 1.82 bits per heavy atom. The van der Waals surface area contributed by atoms with Crippen LogP contribution >= 0.6 is 0 Å². The van der Waals surface area contributed by atoms with Crippen LogP contribution in [0.4, 0.5) is 17.2 Å². The van der Waals surface area contributed by atoms with Crippen molar-refractivity contribution in [3.8, 4) is 0 Å². The minimum absolute atomic E-state index is 0.731. The van der Waals surface area contributed by atoms with Crippen molar-refractivity contribution in [1.29, 1.82) is 0 Å². The smallest absolute Gasteiger partial charge is 0.134 e. The van der Waals surface area contributed by atoms with Crippen molar-refractivity contribution in [3.05, 3.63) is 60.3 Å². The van der Waals surface area contributed by atoms with Gasteiger partial charge in [0.05, 0.1) is 0 Å². The zero-order valence-electron chi connectivity index (χ0n) is 12.9. The lowest BCUT2D eigenvalue weighted by molar-refractivity contribution is 1.10. The summed E-state index contributed by atoms with van der Waals surface area (Å²) in [5.74, 6) is 0.862. The molecule has 0 saturated heterocycles. The molecule has 0 bridgehead atoms. The maximum atomic E-state index is 5.88. The molecule has 3 rings (SSSR count). The Kier molecular flexibility index (Phi) is 3.83. The van der Waals surface area contributed by atoms with Crippen LogP contribution in [0.5, 0.6) is 0 Å². The van der Waals surface area contributed by atoms with Crippen molar-refractivity contribution < 1.29 is 0 Å². The van der Waals surface area contributed by atoms with Gasteiger partial charge in [0, 0.05) is 43.6 Å². The summed E-state index contributed by atoms with van der Waals surface area (Å²) in [6.45, 7) is 0.731. The molecule has 22 heavy (non-hydrogen) atoms. The van der Waals surface area contributed by atoms with Crippen LogP contribution in [0.1, 0.15) is 5.56 Å². The van der Waals surface area contributed by atoms with Crippen molar-refractivity contribution in [3.63, 3.8) is 0 Å². The molecule has 4 heteroatoms. The minimum atomic E-state index is 0.731. The van der Waals surface area contributed by atoms with Gasteiger partial charge in [0.1, 0.15) is 5.82 Å². The molecule has 0 unspecified atom stereocenters. The Bertz CT molecular complexity index is 779. The molecule has 4 nitrogen and oxygen atoms in total. The summed E-state index contributed by atoms with van der Waals surface area (Å²) in [6.07, 6.45) is 1.82. The predicted molar refractivity (Wildman–Crippen MR) is 94.3 cm³/mol. The number of benzene rings is 2. The minimum Gasteiger partial charge on any atom is -0.399 e. The zero-order chi connectivity index (χ0) is 15.5. The van der Waals surface area contributed by atoms with Gasteiger partial charge in [-0.1, -0.05) is 18.2 Å². The monoisotopic (exact) mass is 292 g/mol. The Morgan fingerprint density at radius 1 is 1.05 bits per heavy atom. The fourth-order valence-electron chi connectivity index (χ4n) is 2.42. The molecule has 1 heterocycles. The Balaban J connectivity index is 1.80. The standard InChI is InChI=1S/C18H20N4/c1-22(2)16-7-3-13(4-8-16)12-21-18-17-11-15(19)6-5-14(17)9-10-20-18/h3-11H,12,19H2,1-2H3,(H,20,21). The second-order valence-electron chi connectivity index (χ2n) is 5.55. The SMILES string of the molecule is CN(C)c1ccc(CNc2nccc3ccc(N)cc23)cc1. The molecule has 0 spiro atoms. The molecule has 2 aromatic carbocycles. The van der Waals surface area contributed by atoms with Crippen LogP contribution in [0.3, 0.4) is 0 Å². The molecule has 0 fully saturated rings. The van der Waals surface area contributed by atoms with E-state index in [-0.39, 0.29) is 0 Å². The van der Waals surface area contributed by atoms with Gasteiger partial charge in [0.2, 0.25) is 0 Å². The number of nitrogens with one attached hydrogen (secondary N) is 1. The summed E-state index contributed by atoms with van der Waals surface area (Å²) >= 11 is 0. The number of hydrogen-bond acceptors (Lipinski definition) is 4. The average molecular weight is 292 g/mol. The number of fused-ring (bicyclic) bond motifs is 1. The summed E-state index contributed by atoms with van der Waals surface area (Å²) in [4.78, 5) is 6.52. The fourth-order valence-corrected chi connectivity index (χ4v) is 2.42. The fraction of sp³-hybridized carbons (Fsp3) is 0.167. The van der Waals surface area contributed by atoms with Crippen molar-refractivity contribution in [2.24, 2.45) is 0 Å². The van der Waals surface area contributed by atoms with Crippen LogP contribution in [0, 0.1) is 0 Å². The van der Waals surface area contributed by atoms with E-state index in [2.05, 4.69) is 39.5 Å². The normalized spacial score (nSPS) is 10.6. The zero-order valence-corrected chi connectivity index (χ0v) is 12.9. The quantitative estimate of drug-likeness (QED) is 0.723. The molecule has 0 aliphatic carbocycles. The summed E-state index contributed by atoms with van der Waals surface area (Å²) < 4.78 is 0. The summed E-state index contributed by atoms with van der Waals surface area (Å²) in [7, 11) is 4.08. The van der Waals surface area contributed by atoms with Gasteiger partial charge in [-0.25, -0.2) is 4.98 Å². The van der Waals surface area contributed by atoms with E-state index in [1.54, 1.807) is 0 Å². The van der Waals surface area contributed by atoms with E-state index in [0.717, 1.165) is 28.8 Å². The van der Waals surface area contributed by atoms with E-state index in [4.69, 9.17) is 5.73 Å². The van der Waals surface area contributed by atoms with Gasteiger partial charge in [-0.3, -0.25) is 0 Å². The molecule has 112 valence electrons. The predicted octanol–water partition coefficient (Wildman–Crippen LogP) is 3.50. The van der Waals surface area contributed by atoms with Crippen LogP contribution < -0.4 is 16.0 Å². The summed E-state index contributed by atoms with van der Waals surface area (Å²) in [5.41, 5.74) is 9.04. The molecule has 0 atom stereocenters. The lowest BCUT2D eigenvalue weighted by Crippen LogP contribution is -2.08. The number of aromatic nitrogens is 1. The molecule has 0 saturated carbocycles. The number of anilines is 3. The van der Waals surface area contributed by atoms with Crippen LogP contribution in [0.25, 0.3) is 10.8 Å². The Morgan fingerprint density at radius 3 is 2.55 bits per heavy atom. The first kappa shape index (κ1) is 14.2. The lowest BCUT2D eigenvalue weighted by atomic mass is 10.1. The van der Waals surface area contributed by atoms with Crippen molar-refractivity contribution in [2.45, 2.75) is 6.54 Å². The van der Waals surface area contributed by atoms with Crippen molar-refractivity contribution in [1.82, 2.24) is 4.98 Å². The highest BCUT2D eigenvalue weighted by molar-refractivity contribution is 5.93. The number of nitrogens with zero attached hydrogens (tertiary/aromatic N) is 2. The third-order valence-electron chi connectivity index (χ3n) is 3.70. The summed E-state index contributed by atoms with van der Waals surface area (Å²) in [5, 5.41) is 5.58. The number of nitrogen functional groups attached to an aromatic ring is 1. The number of hydrogen-bond donors (Lipinski definition) is 2. The first-order valence-electron chi connectivity index (χ1n) is 7.28. The molecular weight excluding hydrogens is 272 g/mol. The van der Waals surface area contributed by atoms with Crippen LogP contribution in [0.2, 0.25) is 0 Å². The summed E-state index contributed by atoms with van der Waals surface area (Å²) in [6, 6.07) is 16.4. The number of nitrogens with two attached hydrogens (primary N) is 1. The number of pyridine rings is 1. The molecule has 0 amide bonds. The molecule has 0 aliphatic heterocycles. The van der Waals surface area contributed by atoms with E-state index in [1.807, 2.05) is 44.6 Å². The van der Waals surface area contributed by atoms with E-state index < -0.39 is 0 Å². The van der Waals surface area contributed by atoms with E-state index in [1.165, 1.54) is 11.3 Å². The number of rotatable bonds is 4. The third-order valence-corrected chi connectivity index (χ3v) is 3.70. The molecule has 3 aromatic rings. The molecule has 0 aliphatic rings. The Labute approximate surface area is 130 Å². The van der Waals surface area contributed by atoms with E-state index in [0.29, 0.717) is 0 Å². The van der Waals surface area contributed by atoms with Gasteiger partial charge in [-0.05, 0) is 41.3 Å².